The van der Waals surface area contributed by atoms with E-state index in [1.165, 1.54) is 25.5 Å². The van der Waals surface area contributed by atoms with Gasteiger partial charge in [0.1, 0.15) is 10.8 Å². The third-order valence-electron chi connectivity index (χ3n) is 3.70. The molecule has 3 rings (SSSR count). The number of carbonyl (C=O) groups excluding carboxylic acids is 1. The molecule has 0 aliphatic carbocycles. The maximum Gasteiger partial charge on any atom is 0.385 e. The van der Waals surface area contributed by atoms with Crippen molar-refractivity contribution in [2.45, 2.75) is 0 Å². The number of anilines is 1. The Morgan fingerprint density at radius 1 is 1.17 bits per heavy atom. The highest BCUT2D eigenvalue weighted by Crippen LogP contribution is 2.35. The van der Waals surface area contributed by atoms with Crippen LogP contribution in [0, 0.1) is 5.82 Å². The molecule has 3 aromatic rings. The topological polar surface area (TPSA) is 99.7 Å². The summed E-state index contributed by atoms with van der Waals surface area (Å²) < 4.78 is 19.6. The predicted molar refractivity (Wildman–Crippen MR) is 108 cm³/mol. The van der Waals surface area contributed by atoms with E-state index in [0.29, 0.717) is 5.56 Å². The molecule has 29 heavy (non-hydrogen) atoms. The summed E-state index contributed by atoms with van der Waals surface area (Å²) in [6, 6.07) is 11.7. The molecule has 10 heteroatoms. The van der Waals surface area contributed by atoms with E-state index in [9.17, 15) is 9.18 Å². The largest absolute Gasteiger partial charge is 0.492 e. The number of carbonyl (C=O) groups is 1. The Morgan fingerprint density at radius 2 is 1.90 bits per heavy atom. The molecule has 2 aromatic carbocycles. The zero-order valence-electron chi connectivity index (χ0n) is 14.9. The smallest absolute Gasteiger partial charge is 0.385 e. The fraction of sp³-hybridized carbons (Fsp3) is 0.0526. The van der Waals surface area contributed by atoms with Crippen molar-refractivity contribution < 1.29 is 18.8 Å². The van der Waals surface area contributed by atoms with E-state index in [1.807, 2.05) is 6.07 Å². The molecule has 0 saturated heterocycles. The standard InChI is InChI=1S/C19H13Cl2FN4O3/c1-28-16-12(20)8-7-11(14(16)22)18-25-15(13(21)17(23)26-18)19(27)29-24-9-10-5-3-2-4-6-10/h2-9H,1H3,(H2,23,25,26)/b24-9+. The third kappa shape index (κ3) is 4.44. The van der Waals surface area contributed by atoms with Crippen LogP contribution in [0.5, 0.6) is 5.75 Å². The van der Waals surface area contributed by atoms with Crippen molar-refractivity contribution in [2.75, 3.05) is 12.8 Å². The second-order valence-corrected chi connectivity index (χ2v) is 6.35. The summed E-state index contributed by atoms with van der Waals surface area (Å²) in [6.07, 6.45) is 1.33. The number of aromatic nitrogens is 2. The summed E-state index contributed by atoms with van der Waals surface area (Å²) in [7, 11) is 1.26. The van der Waals surface area contributed by atoms with E-state index in [-0.39, 0.29) is 38.7 Å². The van der Waals surface area contributed by atoms with Crippen LogP contribution in [0.25, 0.3) is 11.4 Å². The second-order valence-electron chi connectivity index (χ2n) is 5.56. The van der Waals surface area contributed by atoms with Gasteiger partial charge in [0, 0.05) is 0 Å². The van der Waals surface area contributed by atoms with E-state index in [0.717, 1.165) is 0 Å². The minimum Gasteiger partial charge on any atom is -0.492 e. The van der Waals surface area contributed by atoms with Crippen LogP contribution in [0.15, 0.2) is 47.6 Å². The Morgan fingerprint density at radius 3 is 2.59 bits per heavy atom. The molecule has 0 aliphatic rings. The first-order chi connectivity index (χ1) is 13.9. The van der Waals surface area contributed by atoms with Crippen LogP contribution in [0.1, 0.15) is 16.1 Å². The minimum atomic E-state index is -0.987. The minimum absolute atomic E-state index is 0.0607. The monoisotopic (exact) mass is 434 g/mol. The quantitative estimate of drug-likeness (QED) is 0.363. The highest BCUT2D eigenvalue weighted by molar-refractivity contribution is 6.35. The number of rotatable bonds is 5. The molecule has 0 bridgehead atoms. The molecule has 0 aliphatic heterocycles. The van der Waals surface area contributed by atoms with Crippen LogP contribution < -0.4 is 10.5 Å². The van der Waals surface area contributed by atoms with Gasteiger partial charge in [-0.05, 0) is 17.7 Å². The average Bonchev–Trinajstić information content (AvgIpc) is 2.71. The molecule has 0 saturated carbocycles. The van der Waals surface area contributed by atoms with Crippen molar-refractivity contribution in [3.8, 4) is 17.1 Å². The molecule has 0 unspecified atom stereocenters. The lowest BCUT2D eigenvalue weighted by molar-refractivity contribution is 0.0512. The van der Waals surface area contributed by atoms with Gasteiger partial charge in [0.15, 0.2) is 23.1 Å². The summed E-state index contributed by atoms with van der Waals surface area (Å²) in [4.78, 5) is 25.1. The molecule has 0 spiro atoms. The normalized spacial score (nSPS) is 10.9. The van der Waals surface area contributed by atoms with Crippen molar-refractivity contribution in [3.05, 3.63) is 69.6 Å². The van der Waals surface area contributed by atoms with Gasteiger partial charge in [0.2, 0.25) is 0 Å². The van der Waals surface area contributed by atoms with Crippen molar-refractivity contribution in [1.29, 1.82) is 0 Å². The van der Waals surface area contributed by atoms with Crippen LogP contribution >= 0.6 is 23.2 Å². The summed E-state index contributed by atoms with van der Waals surface area (Å²) in [5.74, 6) is -2.43. The Hall–Kier alpha value is -3.23. The summed E-state index contributed by atoms with van der Waals surface area (Å²) >= 11 is 11.9. The molecule has 1 aromatic heterocycles. The molecular formula is C19H13Cl2FN4O3. The number of nitrogen functional groups attached to an aromatic ring is 1. The van der Waals surface area contributed by atoms with Crippen molar-refractivity contribution in [1.82, 2.24) is 9.97 Å². The van der Waals surface area contributed by atoms with E-state index >= 15 is 0 Å². The van der Waals surface area contributed by atoms with Crippen molar-refractivity contribution in [2.24, 2.45) is 5.16 Å². The maximum absolute atomic E-state index is 14.7. The van der Waals surface area contributed by atoms with Gasteiger partial charge in [0.05, 0.1) is 23.9 Å². The summed E-state index contributed by atoms with van der Waals surface area (Å²) in [5, 5.41) is 3.42. The predicted octanol–water partition coefficient (Wildman–Crippen LogP) is 4.37. The fourth-order valence-electron chi connectivity index (χ4n) is 2.33. The number of hydrogen-bond donors (Lipinski definition) is 1. The first-order valence-corrected chi connectivity index (χ1v) is 8.83. The highest BCUT2D eigenvalue weighted by atomic mass is 35.5. The lowest BCUT2D eigenvalue weighted by Crippen LogP contribution is -2.10. The van der Waals surface area contributed by atoms with Crippen LogP contribution in [-0.4, -0.2) is 29.3 Å². The number of nitrogens with zero attached hydrogens (tertiary/aromatic N) is 3. The lowest BCUT2D eigenvalue weighted by atomic mass is 10.1. The van der Waals surface area contributed by atoms with Crippen LogP contribution in [0.3, 0.4) is 0 Å². The molecule has 148 valence electrons. The summed E-state index contributed by atoms with van der Waals surface area (Å²) in [5.41, 5.74) is 6.02. The van der Waals surface area contributed by atoms with Gasteiger partial charge >= 0.3 is 5.97 Å². The first kappa shape index (κ1) is 20.5. The molecule has 0 amide bonds. The third-order valence-corrected chi connectivity index (χ3v) is 4.37. The van der Waals surface area contributed by atoms with E-state index in [2.05, 4.69) is 15.1 Å². The van der Waals surface area contributed by atoms with E-state index in [1.54, 1.807) is 24.3 Å². The van der Waals surface area contributed by atoms with Gasteiger partial charge in [-0.3, -0.25) is 0 Å². The van der Waals surface area contributed by atoms with Crippen LogP contribution in [0.4, 0.5) is 10.2 Å². The zero-order valence-corrected chi connectivity index (χ0v) is 16.4. The molecule has 0 radical (unpaired) electrons. The van der Waals surface area contributed by atoms with Gasteiger partial charge in [-0.15, -0.1) is 0 Å². The number of hydrogen-bond acceptors (Lipinski definition) is 7. The highest BCUT2D eigenvalue weighted by Gasteiger charge is 2.23. The molecule has 1 heterocycles. The number of methoxy groups -OCH3 is 1. The molecule has 0 fully saturated rings. The Balaban J connectivity index is 1.94. The van der Waals surface area contributed by atoms with E-state index in [4.69, 9.17) is 38.5 Å². The van der Waals surface area contributed by atoms with Gasteiger partial charge < -0.3 is 15.3 Å². The van der Waals surface area contributed by atoms with Crippen LogP contribution in [0.2, 0.25) is 10.0 Å². The fourth-order valence-corrected chi connectivity index (χ4v) is 2.71. The van der Waals surface area contributed by atoms with Crippen molar-refractivity contribution in [3.63, 3.8) is 0 Å². The van der Waals surface area contributed by atoms with Crippen molar-refractivity contribution >= 4 is 41.2 Å². The Labute approximate surface area is 174 Å². The maximum atomic E-state index is 14.7. The Bertz CT molecular complexity index is 1090. The number of benzene rings is 2. The molecule has 0 atom stereocenters. The number of ether oxygens (including phenoxy) is 1. The zero-order chi connectivity index (χ0) is 21.0. The number of halogens is 3. The van der Waals surface area contributed by atoms with Crippen LogP contribution in [-0.2, 0) is 4.84 Å². The molecule has 7 nitrogen and oxygen atoms in total. The first-order valence-electron chi connectivity index (χ1n) is 8.07. The van der Waals surface area contributed by atoms with Gasteiger partial charge in [-0.1, -0.05) is 58.7 Å². The number of oxime groups is 1. The summed E-state index contributed by atoms with van der Waals surface area (Å²) in [6.45, 7) is 0. The van der Waals surface area contributed by atoms with Gasteiger partial charge in [-0.25, -0.2) is 19.2 Å². The average molecular weight is 435 g/mol. The lowest BCUT2D eigenvalue weighted by Gasteiger charge is -2.10. The second kappa shape index (κ2) is 8.85. The molecule has 2 N–H and O–H groups in total. The SMILES string of the molecule is COc1c(Cl)ccc(-c2nc(N)c(Cl)c(C(=O)O/N=C/c3ccccc3)n2)c1F. The van der Waals surface area contributed by atoms with E-state index < -0.39 is 11.8 Å². The number of nitrogens with two attached hydrogens (primary N) is 1. The Kier molecular flexibility index (Phi) is 6.26. The molecular weight excluding hydrogens is 422 g/mol. The van der Waals surface area contributed by atoms with Gasteiger partial charge in [0.25, 0.3) is 0 Å². The van der Waals surface area contributed by atoms with Gasteiger partial charge in [-0.2, -0.15) is 0 Å².